The summed E-state index contributed by atoms with van der Waals surface area (Å²) in [6.45, 7) is 1.99. The lowest BCUT2D eigenvalue weighted by Gasteiger charge is -2.35. The number of H-pyrrole nitrogens is 1. The number of nitrogens with zero attached hydrogens (tertiary/aromatic N) is 2. The molecule has 2 aromatic carbocycles. The smallest absolute Gasteiger partial charge is 0.0925 e. The number of benzene rings is 2. The number of hydrogen-bond donors (Lipinski definition) is 1. The Balaban J connectivity index is 1.71. The van der Waals surface area contributed by atoms with E-state index >= 15 is 0 Å². The number of aromatic nitrogens is 2. The molecule has 2 heterocycles. The fraction of sp³-hybridized carbons (Fsp3) is 0.211. The van der Waals surface area contributed by atoms with Crippen LogP contribution in [0.4, 0.5) is 0 Å². The van der Waals surface area contributed by atoms with E-state index in [4.69, 9.17) is 0 Å². The van der Waals surface area contributed by atoms with Crippen LogP contribution in [0.3, 0.4) is 0 Å². The Bertz CT molecular complexity index is 734. The maximum atomic E-state index is 4.49. The molecule has 1 aliphatic heterocycles. The average molecular weight is 289 g/mol. The first-order valence-corrected chi connectivity index (χ1v) is 7.77. The second-order valence-electron chi connectivity index (χ2n) is 5.78. The summed E-state index contributed by atoms with van der Waals surface area (Å²) in [5.41, 5.74) is 5.13. The molecule has 4 rings (SSSR count). The van der Waals surface area contributed by atoms with Crippen LogP contribution in [0.25, 0.3) is 0 Å². The molecule has 1 aliphatic rings. The summed E-state index contributed by atoms with van der Waals surface area (Å²) < 4.78 is 0. The Morgan fingerprint density at radius 2 is 1.73 bits per heavy atom. The highest BCUT2D eigenvalue weighted by molar-refractivity contribution is 5.33. The summed E-state index contributed by atoms with van der Waals surface area (Å²) in [6.07, 6.45) is 2.83. The Morgan fingerprint density at radius 1 is 1.00 bits per heavy atom. The number of fused-ring (bicyclic) bond motifs is 1. The first-order chi connectivity index (χ1) is 10.9. The zero-order valence-electron chi connectivity index (χ0n) is 12.4. The van der Waals surface area contributed by atoms with Crippen molar-refractivity contribution in [2.45, 2.75) is 19.0 Å². The highest BCUT2D eigenvalue weighted by atomic mass is 15.2. The van der Waals surface area contributed by atoms with E-state index in [9.17, 15) is 0 Å². The van der Waals surface area contributed by atoms with Gasteiger partial charge in [-0.05, 0) is 11.1 Å². The van der Waals surface area contributed by atoms with Crippen LogP contribution in [-0.4, -0.2) is 21.4 Å². The predicted molar refractivity (Wildman–Crippen MR) is 87.4 cm³/mol. The summed E-state index contributed by atoms with van der Waals surface area (Å²) in [5.74, 6) is 0. The fourth-order valence-electron chi connectivity index (χ4n) is 3.33. The fourth-order valence-corrected chi connectivity index (χ4v) is 3.33. The number of hydrogen-bond acceptors (Lipinski definition) is 2. The van der Waals surface area contributed by atoms with Crippen molar-refractivity contribution in [2.24, 2.45) is 0 Å². The van der Waals surface area contributed by atoms with Gasteiger partial charge >= 0.3 is 0 Å². The van der Waals surface area contributed by atoms with Gasteiger partial charge in [0.15, 0.2) is 0 Å². The summed E-state index contributed by atoms with van der Waals surface area (Å²) in [6, 6.07) is 21.7. The van der Waals surface area contributed by atoms with Crippen LogP contribution in [0.15, 0.2) is 67.0 Å². The van der Waals surface area contributed by atoms with E-state index < -0.39 is 0 Å². The topological polar surface area (TPSA) is 31.9 Å². The number of aromatic amines is 1. The van der Waals surface area contributed by atoms with Gasteiger partial charge in [-0.15, -0.1) is 0 Å². The van der Waals surface area contributed by atoms with Gasteiger partial charge in [-0.25, -0.2) is 4.98 Å². The molecule has 0 amide bonds. The highest BCUT2D eigenvalue weighted by Crippen LogP contribution is 2.34. The number of nitrogens with one attached hydrogen (secondary N) is 1. The van der Waals surface area contributed by atoms with Crippen molar-refractivity contribution in [3.05, 3.63) is 89.5 Å². The van der Waals surface area contributed by atoms with E-state index in [2.05, 4.69) is 75.5 Å². The Morgan fingerprint density at radius 3 is 2.50 bits per heavy atom. The van der Waals surface area contributed by atoms with Crippen LogP contribution in [0.1, 0.15) is 28.6 Å². The minimum atomic E-state index is 0.257. The van der Waals surface area contributed by atoms with Gasteiger partial charge in [0.05, 0.1) is 23.8 Å². The molecule has 0 spiro atoms. The van der Waals surface area contributed by atoms with Gasteiger partial charge in [-0.1, -0.05) is 60.7 Å². The minimum absolute atomic E-state index is 0.257. The summed E-state index contributed by atoms with van der Waals surface area (Å²) >= 11 is 0. The van der Waals surface area contributed by atoms with Gasteiger partial charge < -0.3 is 4.98 Å². The molecule has 0 saturated carbocycles. The maximum Gasteiger partial charge on any atom is 0.0925 e. The van der Waals surface area contributed by atoms with Crippen molar-refractivity contribution in [3.8, 4) is 0 Å². The molecule has 3 aromatic rings. The van der Waals surface area contributed by atoms with Crippen LogP contribution >= 0.6 is 0 Å². The molecule has 1 N–H and O–H groups in total. The molecular formula is C19H19N3. The average Bonchev–Trinajstić information content (AvgIpc) is 3.05. The first kappa shape index (κ1) is 13.3. The Hall–Kier alpha value is -2.39. The summed E-state index contributed by atoms with van der Waals surface area (Å²) in [4.78, 5) is 10.4. The minimum Gasteiger partial charge on any atom is -0.347 e. The monoisotopic (exact) mass is 289 g/mol. The largest absolute Gasteiger partial charge is 0.347 e. The van der Waals surface area contributed by atoms with E-state index in [0.29, 0.717) is 0 Å². The van der Waals surface area contributed by atoms with Crippen LogP contribution in [0, 0.1) is 0 Å². The van der Waals surface area contributed by atoms with Crippen molar-refractivity contribution in [3.63, 3.8) is 0 Å². The van der Waals surface area contributed by atoms with Crippen molar-refractivity contribution < 1.29 is 0 Å². The van der Waals surface area contributed by atoms with E-state index in [-0.39, 0.29) is 6.04 Å². The number of rotatable bonds is 3. The lowest BCUT2D eigenvalue weighted by atomic mass is 9.95. The molecule has 110 valence electrons. The molecule has 1 aromatic heterocycles. The van der Waals surface area contributed by atoms with E-state index in [1.807, 2.05) is 6.33 Å². The summed E-state index contributed by atoms with van der Waals surface area (Å²) in [7, 11) is 0. The predicted octanol–water partition coefficient (Wildman–Crippen LogP) is 3.56. The van der Waals surface area contributed by atoms with Gasteiger partial charge in [0.1, 0.15) is 0 Å². The molecule has 0 bridgehead atoms. The number of imidazole rings is 1. The molecule has 0 saturated heterocycles. The molecular weight excluding hydrogens is 270 g/mol. The molecule has 3 nitrogen and oxygen atoms in total. The lowest BCUT2D eigenvalue weighted by molar-refractivity contribution is 0.200. The molecule has 22 heavy (non-hydrogen) atoms. The molecule has 0 aliphatic carbocycles. The molecule has 0 radical (unpaired) electrons. The van der Waals surface area contributed by atoms with E-state index in [1.165, 1.54) is 22.5 Å². The first-order valence-electron chi connectivity index (χ1n) is 7.77. The van der Waals surface area contributed by atoms with Crippen LogP contribution in [0.5, 0.6) is 0 Å². The quantitative estimate of drug-likeness (QED) is 0.799. The Kier molecular flexibility index (Phi) is 3.49. The van der Waals surface area contributed by atoms with Gasteiger partial charge in [-0.3, -0.25) is 4.90 Å². The van der Waals surface area contributed by atoms with Crippen molar-refractivity contribution in [1.82, 2.24) is 14.9 Å². The van der Waals surface area contributed by atoms with Crippen molar-refractivity contribution in [1.29, 1.82) is 0 Å². The van der Waals surface area contributed by atoms with Gasteiger partial charge in [-0.2, -0.15) is 0 Å². The molecule has 3 heteroatoms. The second kappa shape index (κ2) is 5.78. The normalized spacial score (nSPS) is 18.1. The van der Waals surface area contributed by atoms with Crippen LogP contribution in [-0.2, 0) is 13.0 Å². The maximum absolute atomic E-state index is 4.49. The van der Waals surface area contributed by atoms with Crippen LogP contribution < -0.4 is 0 Å². The third-order valence-corrected chi connectivity index (χ3v) is 4.37. The van der Waals surface area contributed by atoms with Crippen molar-refractivity contribution >= 4 is 0 Å². The zero-order valence-corrected chi connectivity index (χ0v) is 12.4. The lowest BCUT2D eigenvalue weighted by Crippen LogP contribution is -2.35. The molecule has 1 atom stereocenters. The third kappa shape index (κ3) is 2.44. The summed E-state index contributed by atoms with van der Waals surface area (Å²) in [5, 5.41) is 0. The van der Waals surface area contributed by atoms with Crippen molar-refractivity contribution in [2.75, 3.05) is 6.54 Å². The molecule has 0 fully saturated rings. The van der Waals surface area contributed by atoms with Crippen LogP contribution in [0.2, 0.25) is 0 Å². The van der Waals surface area contributed by atoms with Gasteiger partial charge in [0.2, 0.25) is 0 Å². The van der Waals surface area contributed by atoms with Gasteiger partial charge in [0, 0.05) is 19.5 Å². The SMILES string of the molecule is c1ccc(CN2CCc3nc[nH]c3C2c2ccccc2)cc1. The standard InChI is InChI=1S/C19H19N3/c1-3-7-15(8-4-1)13-22-12-11-17-18(21-14-20-17)19(22)16-9-5-2-6-10-16/h1-10,14,19H,11-13H2,(H,20,21). The molecule has 1 unspecified atom stereocenters. The zero-order chi connectivity index (χ0) is 14.8. The Labute approximate surface area is 130 Å². The third-order valence-electron chi connectivity index (χ3n) is 4.37. The second-order valence-corrected chi connectivity index (χ2v) is 5.78. The van der Waals surface area contributed by atoms with Gasteiger partial charge in [0.25, 0.3) is 0 Å². The van der Waals surface area contributed by atoms with E-state index in [1.54, 1.807) is 0 Å². The van der Waals surface area contributed by atoms with E-state index in [0.717, 1.165) is 19.5 Å². The highest BCUT2D eigenvalue weighted by Gasteiger charge is 2.30.